The molecule has 0 aromatic carbocycles. The maximum atomic E-state index is 4.60. The Morgan fingerprint density at radius 1 is 1.10 bits per heavy atom. The molecule has 0 saturated heterocycles. The topological polar surface area (TPSA) is 46.8 Å². The molecule has 0 amide bonds. The van der Waals surface area contributed by atoms with Crippen molar-refractivity contribution in [3.63, 3.8) is 0 Å². The minimum Gasteiger partial charge on any atom is -0.326 e. The van der Waals surface area contributed by atoms with Gasteiger partial charge in [0.15, 0.2) is 0 Å². The zero-order valence-electron chi connectivity index (χ0n) is 11.5. The first-order valence-electron chi connectivity index (χ1n) is 6.96. The van der Waals surface area contributed by atoms with E-state index < -0.39 is 0 Å². The minimum absolute atomic E-state index is 0.880. The third-order valence-electron chi connectivity index (χ3n) is 3.76. The number of aromatic nitrogens is 4. The molecule has 1 aliphatic rings. The summed E-state index contributed by atoms with van der Waals surface area (Å²) >= 11 is 1.71. The van der Waals surface area contributed by atoms with Gasteiger partial charge in [0, 0.05) is 42.6 Å². The van der Waals surface area contributed by atoms with Gasteiger partial charge in [0.2, 0.25) is 0 Å². The monoisotopic (exact) mass is 297 g/mol. The molecule has 5 nitrogen and oxygen atoms in total. The van der Waals surface area contributed by atoms with Gasteiger partial charge >= 0.3 is 0 Å². The second-order valence-corrected chi connectivity index (χ2v) is 6.06. The standard InChI is InChI=1S/C15H15N5S/c1-3-16-4-2-12(1)13-9-18-14-10-19(6-7-20(13)14)11-15-17-5-8-21-15/h1-5,8-9H,6-7,10-11H2. The van der Waals surface area contributed by atoms with Crippen LogP contribution in [0.4, 0.5) is 0 Å². The Hall–Kier alpha value is -2.05. The zero-order valence-corrected chi connectivity index (χ0v) is 12.3. The fraction of sp³-hybridized carbons (Fsp3) is 0.267. The summed E-state index contributed by atoms with van der Waals surface area (Å²) in [6, 6.07) is 4.07. The van der Waals surface area contributed by atoms with Crippen LogP contribution < -0.4 is 0 Å². The van der Waals surface area contributed by atoms with Gasteiger partial charge in [-0.1, -0.05) is 0 Å². The molecule has 4 heterocycles. The van der Waals surface area contributed by atoms with Crippen LogP contribution in [0.5, 0.6) is 0 Å². The van der Waals surface area contributed by atoms with Gasteiger partial charge in [-0.3, -0.25) is 9.88 Å². The van der Waals surface area contributed by atoms with E-state index in [1.54, 1.807) is 11.3 Å². The molecule has 3 aromatic rings. The van der Waals surface area contributed by atoms with Crippen molar-refractivity contribution in [2.75, 3.05) is 6.54 Å². The lowest BCUT2D eigenvalue weighted by atomic mass is 10.2. The number of nitrogens with zero attached hydrogens (tertiary/aromatic N) is 5. The number of fused-ring (bicyclic) bond motifs is 1. The van der Waals surface area contributed by atoms with Gasteiger partial charge in [-0.05, 0) is 12.1 Å². The smallest absolute Gasteiger partial charge is 0.123 e. The second-order valence-electron chi connectivity index (χ2n) is 5.08. The maximum Gasteiger partial charge on any atom is 0.123 e. The average molecular weight is 297 g/mol. The normalized spacial score (nSPS) is 15.0. The predicted molar refractivity (Wildman–Crippen MR) is 81.7 cm³/mol. The second kappa shape index (κ2) is 5.38. The summed E-state index contributed by atoms with van der Waals surface area (Å²) in [5.74, 6) is 1.13. The number of pyridine rings is 1. The molecular weight excluding hydrogens is 282 g/mol. The van der Waals surface area contributed by atoms with E-state index in [1.165, 1.54) is 16.3 Å². The van der Waals surface area contributed by atoms with Gasteiger partial charge in [0.25, 0.3) is 0 Å². The fourth-order valence-electron chi connectivity index (χ4n) is 2.72. The van der Waals surface area contributed by atoms with Crippen LogP contribution in [0.15, 0.2) is 42.3 Å². The molecule has 0 bridgehead atoms. The van der Waals surface area contributed by atoms with Gasteiger partial charge in [-0.25, -0.2) is 9.97 Å². The predicted octanol–water partition coefficient (Wildman–Crippen LogP) is 2.42. The molecule has 1 aliphatic heterocycles. The third-order valence-corrected chi connectivity index (χ3v) is 4.53. The summed E-state index contributed by atoms with van der Waals surface area (Å²) in [7, 11) is 0. The Morgan fingerprint density at radius 3 is 2.81 bits per heavy atom. The number of imidazole rings is 1. The molecule has 0 N–H and O–H groups in total. The van der Waals surface area contributed by atoms with E-state index in [-0.39, 0.29) is 0 Å². The molecule has 0 saturated carbocycles. The number of hydrogen-bond acceptors (Lipinski definition) is 5. The van der Waals surface area contributed by atoms with Crippen molar-refractivity contribution in [1.82, 2.24) is 24.4 Å². The lowest BCUT2D eigenvalue weighted by Crippen LogP contribution is -2.33. The highest BCUT2D eigenvalue weighted by atomic mass is 32.1. The van der Waals surface area contributed by atoms with E-state index in [0.29, 0.717) is 0 Å². The van der Waals surface area contributed by atoms with E-state index >= 15 is 0 Å². The first-order valence-corrected chi connectivity index (χ1v) is 7.83. The molecule has 0 spiro atoms. The van der Waals surface area contributed by atoms with Crippen LogP contribution in [0.1, 0.15) is 10.8 Å². The molecule has 4 rings (SSSR count). The van der Waals surface area contributed by atoms with Crippen molar-refractivity contribution < 1.29 is 0 Å². The lowest BCUT2D eigenvalue weighted by molar-refractivity contribution is 0.209. The summed E-state index contributed by atoms with van der Waals surface area (Å²) in [6.07, 6.45) is 7.49. The average Bonchev–Trinajstić information content (AvgIpc) is 3.17. The van der Waals surface area contributed by atoms with E-state index in [1.807, 2.05) is 42.3 Å². The van der Waals surface area contributed by atoms with Crippen molar-refractivity contribution in [2.24, 2.45) is 0 Å². The van der Waals surface area contributed by atoms with Crippen LogP contribution in [0, 0.1) is 0 Å². The molecule has 3 aromatic heterocycles. The van der Waals surface area contributed by atoms with E-state index in [0.717, 1.165) is 32.0 Å². The van der Waals surface area contributed by atoms with Gasteiger partial charge in [-0.15, -0.1) is 11.3 Å². The van der Waals surface area contributed by atoms with Gasteiger partial charge in [-0.2, -0.15) is 0 Å². The Kier molecular flexibility index (Phi) is 3.25. The SMILES string of the molecule is c1cc(-c2cnc3n2CCN(Cc2nccs2)C3)ccn1. The van der Waals surface area contributed by atoms with E-state index in [4.69, 9.17) is 0 Å². The number of hydrogen-bond donors (Lipinski definition) is 0. The third kappa shape index (κ3) is 2.48. The Bertz CT molecular complexity index is 720. The molecule has 106 valence electrons. The van der Waals surface area contributed by atoms with E-state index in [2.05, 4.69) is 24.4 Å². The van der Waals surface area contributed by atoms with Gasteiger partial charge < -0.3 is 4.57 Å². The van der Waals surface area contributed by atoms with E-state index in [9.17, 15) is 0 Å². The Morgan fingerprint density at radius 2 is 2.00 bits per heavy atom. The van der Waals surface area contributed by atoms with Crippen LogP contribution >= 0.6 is 11.3 Å². The van der Waals surface area contributed by atoms with Crippen molar-refractivity contribution in [3.05, 3.63) is 53.1 Å². The Balaban J connectivity index is 1.56. The highest BCUT2D eigenvalue weighted by Crippen LogP contribution is 2.24. The quantitative estimate of drug-likeness (QED) is 0.745. The largest absolute Gasteiger partial charge is 0.326 e. The summed E-state index contributed by atoms with van der Waals surface area (Å²) < 4.78 is 2.31. The lowest BCUT2D eigenvalue weighted by Gasteiger charge is -2.27. The molecule has 0 aliphatic carbocycles. The maximum absolute atomic E-state index is 4.60. The Labute approximate surface area is 126 Å². The van der Waals surface area contributed by atoms with Crippen molar-refractivity contribution in [2.45, 2.75) is 19.6 Å². The highest BCUT2D eigenvalue weighted by Gasteiger charge is 2.20. The van der Waals surface area contributed by atoms with Crippen molar-refractivity contribution in [3.8, 4) is 11.3 Å². The molecule has 0 unspecified atom stereocenters. The molecule has 0 fully saturated rings. The molecule has 0 atom stereocenters. The van der Waals surface area contributed by atoms with Crippen molar-refractivity contribution >= 4 is 11.3 Å². The molecule has 0 radical (unpaired) electrons. The van der Waals surface area contributed by atoms with Crippen LogP contribution in [0.25, 0.3) is 11.3 Å². The van der Waals surface area contributed by atoms with Crippen LogP contribution in [-0.4, -0.2) is 31.0 Å². The first kappa shape index (κ1) is 12.7. The molecule has 6 heteroatoms. The summed E-state index contributed by atoms with van der Waals surface area (Å²) in [5.41, 5.74) is 2.36. The fourth-order valence-corrected chi connectivity index (χ4v) is 3.38. The first-order chi connectivity index (χ1) is 10.4. The minimum atomic E-state index is 0.880. The molecule has 21 heavy (non-hydrogen) atoms. The van der Waals surface area contributed by atoms with Gasteiger partial charge in [0.1, 0.15) is 10.8 Å². The summed E-state index contributed by atoms with van der Waals surface area (Å²) in [4.78, 5) is 15.4. The molecular formula is C15H15N5S. The highest BCUT2D eigenvalue weighted by molar-refractivity contribution is 7.09. The van der Waals surface area contributed by atoms with Crippen LogP contribution in [0.3, 0.4) is 0 Å². The zero-order chi connectivity index (χ0) is 14.1. The summed E-state index contributed by atoms with van der Waals surface area (Å²) in [5, 5.41) is 3.20. The van der Waals surface area contributed by atoms with Gasteiger partial charge in [0.05, 0.1) is 25.0 Å². The van der Waals surface area contributed by atoms with Crippen LogP contribution in [0.2, 0.25) is 0 Å². The number of thiazole rings is 1. The van der Waals surface area contributed by atoms with Crippen LogP contribution in [-0.2, 0) is 19.6 Å². The number of rotatable bonds is 3. The van der Waals surface area contributed by atoms with Crippen molar-refractivity contribution in [1.29, 1.82) is 0 Å². The summed E-state index contributed by atoms with van der Waals surface area (Å²) in [6.45, 7) is 3.79.